The topological polar surface area (TPSA) is 110 Å². The molecule has 0 aliphatic heterocycles. The summed E-state index contributed by atoms with van der Waals surface area (Å²) in [6.07, 6.45) is 2.26. The second-order valence-electron chi connectivity index (χ2n) is 6.90. The Morgan fingerprint density at radius 3 is 2.38 bits per heavy atom. The van der Waals surface area contributed by atoms with E-state index in [0.717, 1.165) is 5.56 Å². The highest BCUT2D eigenvalue weighted by Crippen LogP contribution is 2.07. The van der Waals surface area contributed by atoms with Crippen LogP contribution < -0.4 is 22.1 Å². The van der Waals surface area contributed by atoms with Gasteiger partial charge in [0.25, 0.3) is 0 Å². The van der Waals surface area contributed by atoms with Crippen LogP contribution >= 0.6 is 0 Å². The van der Waals surface area contributed by atoms with Crippen LogP contribution in [0.1, 0.15) is 38.7 Å². The lowest BCUT2D eigenvalue weighted by atomic mass is 10.0. The molecular weight excluding hydrogens is 335 g/mol. The summed E-state index contributed by atoms with van der Waals surface area (Å²) < 4.78 is 12.9. The predicted molar refractivity (Wildman–Crippen MR) is 101 cm³/mol. The molecule has 0 aliphatic carbocycles. The van der Waals surface area contributed by atoms with Gasteiger partial charge in [-0.25, -0.2) is 4.39 Å². The molecule has 6 nitrogen and oxygen atoms in total. The van der Waals surface area contributed by atoms with Gasteiger partial charge >= 0.3 is 0 Å². The quantitative estimate of drug-likeness (QED) is 0.470. The van der Waals surface area contributed by atoms with Crippen molar-refractivity contribution in [2.75, 3.05) is 13.1 Å². The number of hydrogen-bond donors (Lipinski definition) is 4. The number of amides is 2. The van der Waals surface area contributed by atoms with Crippen LogP contribution in [0.25, 0.3) is 0 Å². The molecule has 0 fully saturated rings. The first-order chi connectivity index (χ1) is 12.3. The van der Waals surface area contributed by atoms with Crippen LogP contribution in [-0.4, -0.2) is 37.0 Å². The van der Waals surface area contributed by atoms with Crippen molar-refractivity contribution >= 4 is 11.8 Å². The van der Waals surface area contributed by atoms with Gasteiger partial charge in [0.05, 0.1) is 6.04 Å². The van der Waals surface area contributed by atoms with Gasteiger partial charge in [-0.15, -0.1) is 0 Å². The molecular formula is C19H31FN4O2. The Morgan fingerprint density at radius 2 is 1.81 bits per heavy atom. The average molecular weight is 366 g/mol. The Morgan fingerprint density at radius 1 is 1.15 bits per heavy atom. The molecule has 0 bridgehead atoms. The van der Waals surface area contributed by atoms with Crippen LogP contribution in [0.4, 0.5) is 4.39 Å². The van der Waals surface area contributed by atoms with Crippen LogP contribution in [0.15, 0.2) is 24.3 Å². The van der Waals surface area contributed by atoms with Gasteiger partial charge in [0, 0.05) is 6.54 Å². The lowest BCUT2D eigenvalue weighted by Crippen LogP contribution is -2.52. The number of benzene rings is 1. The molecule has 0 heterocycles. The Labute approximate surface area is 154 Å². The van der Waals surface area contributed by atoms with E-state index in [1.54, 1.807) is 12.1 Å². The van der Waals surface area contributed by atoms with E-state index in [1.807, 2.05) is 13.8 Å². The summed E-state index contributed by atoms with van der Waals surface area (Å²) in [7, 11) is 0. The third kappa shape index (κ3) is 8.40. The monoisotopic (exact) mass is 366 g/mol. The first-order valence-electron chi connectivity index (χ1n) is 9.11. The van der Waals surface area contributed by atoms with Crippen LogP contribution in [-0.2, 0) is 16.0 Å². The summed E-state index contributed by atoms with van der Waals surface area (Å²) in [4.78, 5) is 24.6. The minimum atomic E-state index is -0.666. The molecule has 26 heavy (non-hydrogen) atoms. The summed E-state index contributed by atoms with van der Waals surface area (Å²) in [6, 6.07) is 4.86. The zero-order valence-corrected chi connectivity index (χ0v) is 15.6. The lowest BCUT2D eigenvalue weighted by molar-refractivity contribution is -0.130. The second-order valence-corrected chi connectivity index (χ2v) is 6.90. The van der Waals surface area contributed by atoms with Crippen molar-refractivity contribution in [1.29, 1.82) is 0 Å². The van der Waals surface area contributed by atoms with Crippen molar-refractivity contribution in [2.24, 2.45) is 17.4 Å². The molecule has 0 unspecified atom stereocenters. The van der Waals surface area contributed by atoms with Crippen molar-refractivity contribution in [3.05, 3.63) is 35.6 Å². The highest BCUT2D eigenvalue weighted by Gasteiger charge is 2.24. The third-order valence-electron chi connectivity index (χ3n) is 4.02. The number of hydrogen-bond acceptors (Lipinski definition) is 4. The van der Waals surface area contributed by atoms with Crippen LogP contribution in [0.2, 0.25) is 0 Å². The van der Waals surface area contributed by atoms with Gasteiger partial charge in [-0.05, 0) is 55.8 Å². The van der Waals surface area contributed by atoms with Crippen molar-refractivity contribution < 1.29 is 14.0 Å². The summed E-state index contributed by atoms with van der Waals surface area (Å²) in [5.74, 6) is -0.621. The molecule has 1 rings (SSSR count). The van der Waals surface area contributed by atoms with Crippen molar-refractivity contribution in [1.82, 2.24) is 10.6 Å². The fourth-order valence-electron chi connectivity index (χ4n) is 2.55. The molecule has 2 atom stereocenters. The van der Waals surface area contributed by atoms with E-state index in [9.17, 15) is 14.0 Å². The maximum absolute atomic E-state index is 12.9. The third-order valence-corrected chi connectivity index (χ3v) is 4.02. The molecule has 1 aromatic rings. The summed E-state index contributed by atoms with van der Waals surface area (Å²) in [5.41, 5.74) is 12.2. The van der Waals surface area contributed by atoms with E-state index in [-0.39, 0.29) is 23.5 Å². The Hall–Kier alpha value is -1.99. The standard InChI is InChI=1S/C19H31FN4O2/c1-13(2)12-17(24-18(25)16(22)4-3-10-21)19(26)23-11-9-14-5-7-15(20)8-6-14/h5-8,13,16-17H,3-4,9-12,21-22H2,1-2H3,(H,23,26)(H,24,25)/t16-,17-/m1/s1. The Balaban J connectivity index is 2.53. The number of nitrogens with one attached hydrogen (secondary N) is 2. The molecule has 0 aromatic heterocycles. The fourth-order valence-corrected chi connectivity index (χ4v) is 2.55. The highest BCUT2D eigenvalue weighted by atomic mass is 19.1. The van der Waals surface area contributed by atoms with E-state index in [1.165, 1.54) is 12.1 Å². The lowest BCUT2D eigenvalue weighted by Gasteiger charge is -2.22. The molecule has 1 aromatic carbocycles. The molecule has 0 saturated carbocycles. The summed E-state index contributed by atoms with van der Waals surface area (Å²) >= 11 is 0. The number of carbonyl (C=O) groups is 2. The van der Waals surface area contributed by atoms with Gasteiger partial charge in [-0.3, -0.25) is 9.59 Å². The van der Waals surface area contributed by atoms with Crippen LogP contribution in [0.5, 0.6) is 0 Å². The zero-order chi connectivity index (χ0) is 19.5. The van der Waals surface area contributed by atoms with Crippen LogP contribution in [0, 0.1) is 11.7 Å². The smallest absolute Gasteiger partial charge is 0.242 e. The van der Waals surface area contributed by atoms with Gasteiger partial charge in [-0.1, -0.05) is 26.0 Å². The Kier molecular flexibility index (Phi) is 9.83. The van der Waals surface area contributed by atoms with E-state index in [0.29, 0.717) is 38.8 Å². The maximum atomic E-state index is 12.9. The normalized spacial score (nSPS) is 13.3. The zero-order valence-electron chi connectivity index (χ0n) is 15.6. The molecule has 7 heteroatoms. The molecule has 0 spiro atoms. The van der Waals surface area contributed by atoms with E-state index < -0.39 is 12.1 Å². The van der Waals surface area contributed by atoms with E-state index in [2.05, 4.69) is 10.6 Å². The van der Waals surface area contributed by atoms with Crippen molar-refractivity contribution in [3.63, 3.8) is 0 Å². The Bertz CT molecular complexity index is 563. The van der Waals surface area contributed by atoms with Gasteiger partial charge < -0.3 is 22.1 Å². The first kappa shape index (κ1) is 22.1. The first-order valence-corrected chi connectivity index (χ1v) is 9.11. The largest absolute Gasteiger partial charge is 0.354 e. The van der Waals surface area contributed by atoms with Gasteiger partial charge in [0.1, 0.15) is 11.9 Å². The SMILES string of the molecule is CC(C)C[C@@H](NC(=O)[C@H](N)CCCN)C(=O)NCCc1ccc(F)cc1. The van der Waals surface area contributed by atoms with Crippen molar-refractivity contribution in [3.8, 4) is 0 Å². The predicted octanol–water partition coefficient (Wildman–Crippen LogP) is 1.08. The highest BCUT2D eigenvalue weighted by molar-refractivity contribution is 5.89. The van der Waals surface area contributed by atoms with E-state index in [4.69, 9.17) is 11.5 Å². The molecule has 0 radical (unpaired) electrons. The van der Waals surface area contributed by atoms with Gasteiger partial charge in [0.15, 0.2) is 0 Å². The van der Waals surface area contributed by atoms with E-state index >= 15 is 0 Å². The summed E-state index contributed by atoms with van der Waals surface area (Å²) in [5, 5.41) is 5.58. The maximum Gasteiger partial charge on any atom is 0.242 e. The number of halogens is 1. The second kappa shape index (κ2) is 11.6. The van der Waals surface area contributed by atoms with Crippen LogP contribution in [0.3, 0.4) is 0 Å². The van der Waals surface area contributed by atoms with Gasteiger partial charge in [-0.2, -0.15) is 0 Å². The average Bonchev–Trinajstić information content (AvgIpc) is 2.60. The molecule has 0 aliphatic rings. The molecule has 2 amide bonds. The minimum Gasteiger partial charge on any atom is -0.354 e. The molecule has 0 saturated heterocycles. The summed E-state index contributed by atoms with van der Waals surface area (Å²) in [6.45, 7) is 4.85. The fraction of sp³-hybridized carbons (Fsp3) is 0.579. The molecule has 6 N–H and O–H groups in total. The van der Waals surface area contributed by atoms with Gasteiger partial charge in [0.2, 0.25) is 11.8 Å². The number of nitrogens with two attached hydrogens (primary N) is 2. The number of rotatable bonds is 11. The molecule has 146 valence electrons. The number of carbonyl (C=O) groups excluding carboxylic acids is 2. The van der Waals surface area contributed by atoms with Crippen molar-refractivity contribution in [2.45, 2.75) is 51.6 Å². The minimum absolute atomic E-state index is 0.236.